The van der Waals surface area contributed by atoms with Crippen molar-refractivity contribution in [3.8, 4) is 11.4 Å². The third-order valence-electron chi connectivity index (χ3n) is 8.93. The van der Waals surface area contributed by atoms with Gasteiger partial charge in [0.15, 0.2) is 0 Å². The highest BCUT2D eigenvalue weighted by molar-refractivity contribution is 5.93. The number of ether oxygens (including phenoxy) is 2. The second-order valence-electron chi connectivity index (χ2n) is 11.9. The maximum atomic E-state index is 13.8. The number of carbonyl (C=O) groups excluding carboxylic acids is 4. The first-order chi connectivity index (χ1) is 21.1. The highest BCUT2D eigenvalue weighted by Crippen LogP contribution is 2.41. The van der Waals surface area contributed by atoms with Gasteiger partial charge < -0.3 is 30.0 Å². The van der Waals surface area contributed by atoms with Crippen molar-refractivity contribution < 1.29 is 28.7 Å². The van der Waals surface area contributed by atoms with E-state index in [2.05, 4.69) is 5.32 Å². The monoisotopic (exact) mass is 601 g/mol. The molecule has 0 spiro atoms. The Morgan fingerprint density at radius 1 is 1.20 bits per heavy atom. The smallest absolute Gasteiger partial charge is 0.355 e. The maximum absolute atomic E-state index is 13.8. The Labute approximate surface area is 253 Å². The highest BCUT2D eigenvalue weighted by Gasteiger charge is 2.51. The van der Waals surface area contributed by atoms with Crippen LogP contribution in [0.4, 0.5) is 0 Å². The van der Waals surface area contributed by atoms with Gasteiger partial charge in [-0.15, -0.1) is 0 Å². The van der Waals surface area contributed by atoms with E-state index in [1.54, 1.807) is 31.4 Å². The molecule has 12 nitrogen and oxygen atoms in total. The van der Waals surface area contributed by atoms with Crippen LogP contribution in [-0.2, 0) is 47.4 Å². The molecule has 1 fully saturated rings. The lowest BCUT2D eigenvalue weighted by Crippen LogP contribution is -2.55. The van der Waals surface area contributed by atoms with Crippen molar-refractivity contribution in [1.29, 1.82) is 0 Å². The van der Waals surface area contributed by atoms with E-state index >= 15 is 0 Å². The molecular weight excluding hydrogens is 566 g/mol. The number of nitrogens with one attached hydrogen (secondary N) is 1. The van der Waals surface area contributed by atoms with Crippen molar-refractivity contribution >= 4 is 34.7 Å². The first-order valence-electron chi connectivity index (χ1n) is 15.0. The Hall–Kier alpha value is -4.58. The Kier molecular flexibility index (Phi) is 7.48. The lowest BCUT2D eigenvalue weighted by Gasteiger charge is -2.37. The Bertz CT molecular complexity index is 1770. The molecule has 230 valence electrons. The minimum atomic E-state index is -1.91. The van der Waals surface area contributed by atoms with Gasteiger partial charge >= 0.3 is 11.9 Å². The van der Waals surface area contributed by atoms with Crippen molar-refractivity contribution in [3.63, 3.8) is 0 Å². The van der Waals surface area contributed by atoms with Gasteiger partial charge in [-0.1, -0.05) is 39.0 Å². The van der Waals surface area contributed by atoms with Gasteiger partial charge in [-0.2, -0.15) is 0 Å². The molecule has 3 aliphatic heterocycles. The summed E-state index contributed by atoms with van der Waals surface area (Å²) >= 11 is 0. The molecule has 0 unspecified atom stereocenters. The molecule has 3 aliphatic rings. The average molecular weight is 602 g/mol. The summed E-state index contributed by atoms with van der Waals surface area (Å²) in [4.78, 5) is 72.9. The van der Waals surface area contributed by atoms with Crippen LogP contribution in [0.3, 0.4) is 0 Å². The molecule has 12 heteroatoms. The molecule has 0 saturated carbocycles. The van der Waals surface area contributed by atoms with Crippen LogP contribution in [0.1, 0.15) is 56.7 Å². The van der Waals surface area contributed by atoms with Crippen LogP contribution in [0.15, 0.2) is 41.2 Å². The zero-order valence-corrected chi connectivity index (χ0v) is 24.9. The molecule has 2 amide bonds. The maximum Gasteiger partial charge on any atom is 0.355 e. The fourth-order valence-electron chi connectivity index (χ4n) is 6.52. The molecule has 6 rings (SSSR count). The first kappa shape index (κ1) is 29.5. The molecule has 2 aromatic heterocycles. The Morgan fingerprint density at radius 3 is 2.70 bits per heavy atom. The minimum Gasteiger partial charge on any atom is -0.457 e. The fourth-order valence-corrected chi connectivity index (χ4v) is 6.52. The van der Waals surface area contributed by atoms with Gasteiger partial charge in [0, 0.05) is 23.1 Å². The Balaban J connectivity index is 1.36. The molecule has 0 bridgehead atoms. The van der Waals surface area contributed by atoms with Crippen molar-refractivity contribution in [3.05, 3.63) is 63.4 Å². The van der Waals surface area contributed by atoms with Crippen molar-refractivity contribution in [2.24, 2.45) is 11.7 Å². The average Bonchev–Trinajstić information content (AvgIpc) is 3.65. The third kappa shape index (κ3) is 4.64. The fraction of sp³-hybridized carbons (Fsp3) is 0.438. The van der Waals surface area contributed by atoms with Gasteiger partial charge in [0.1, 0.15) is 18.7 Å². The van der Waals surface area contributed by atoms with Gasteiger partial charge in [-0.25, -0.2) is 14.6 Å². The zero-order chi connectivity index (χ0) is 31.3. The summed E-state index contributed by atoms with van der Waals surface area (Å²) in [6.07, 6.45) is 1.07. The SMILES string of the molecule is CC[C@@]1(OC(=O)[C@@H](NC(=O)[C@@H]2CCCN2C(=O)CN)C(C)C)C(=O)OCc2c1cc1n(c2=O)Cc2cc3ccccc3nc2-1. The number of nitrogens with zero attached hydrogens (tertiary/aromatic N) is 3. The standard InChI is InChI=1S/C32H35N5O7/c1-4-32(44-30(41)26(17(2)3)35-28(39)23-10-7-11-36(23)25(38)14-33)21-13-24-27-19(12-18-8-5-6-9-22(18)34-27)15-37(24)29(40)20(21)16-43-31(32)42/h5-6,8-9,12-13,17,23,26H,4,7,10-11,14-16,33H2,1-3H3,(H,35,39)/t23-,26-,32-/m0/s1. The predicted octanol–water partition coefficient (Wildman–Crippen LogP) is 1.72. The number of nitrogens with two attached hydrogens (primary N) is 1. The van der Waals surface area contributed by atoms with E-state index in [0.29, 0.717) is 37.3 Å². The van der Waals surface area contributed by atoms with E-state index in [4.69, 9.17) is 20.2 Å². The summed E-state index contributed by atoms with van der Waals surface area (Å²) < 4.78 is 13.1. The number of para-hydroxylation sites is 1. The summed E-state index contributed by atoms with van der Waals surface area (Å²) in [6.45, 7) is 5.39. The summed E-state index contributed by atoms with van der Waals surface area (Å²) in [5.74, 6) is -2.91. The summed E-state index contributed by atoms with van der Waals surface area (Å²) in [5, 5.41) is 3.69. The zero-order valence-electron chi connectivity index (χ0n) is 24.9. The molecule has 0 aliphatic carbocycles. The quantitative estimate of drug-likeness (QED) is 0.300. The van der Waals surface area contributed by atoms with Crippen LogP contribution >= 0.6 is 0 Å². The number of carbonyl (C=O) groups is 4. The van der Waals surface area contributed by atoms with E-state index < -0.39 is 41.4 Å². The number of benzene rings is 1. The summed E-state index contributed by atoms with van der Waals surface area (Å²) in [5.41, 5.74) is 6.54. The molecule has 3 N–H and O–H groups in total. The summed E-state index contributed by atoms with van der Waals surface area (Å²) in [6, 6.07) is 9.47. The second-order valence-corrected chi connectivity index (χ2v) is 11.9. The lowest BCUT2D eigenvalue weighted by molar-refractivity contribution is -0.191. The number of hydrogen-bond donors (Lipinski definition) is 2. The van der Waals surface area contributed by atoms with Gasteiger partial charge in [0.05, 0.1) is 35.6 Å². The highest BCUT2D eigenvalue weighted by atomic mass is 16.6. The number of hydrogen-bond acceptors (Lipinski definition) is 9. The van der Waals surface area contributed by atoms with E-state index in [0.717, 1.165) is 16.5 Å². The van der Waals surface area contributed by atoms with Crippen LogP contribution in [-0.4, -0.2) is 63.4 Å². The molecule has 3 atom stereocenters. The van der Waals surface area contributed by atoms with Crippen LogP contribution in [0, 0.1) is 5.92 Å². The molecule has 1 aromatic carbocycles. The third-order valence-corrected chi connectivity index (χ3v) is 8.93. The van der Waals surface area contributed by atoms with Crippen LogP contribution in [0.5, 0.6) is 0 Å². The van der Waals surface area contributed by atoms with Gasteiger partial charge in [0.25, 0.3) is 5.56 Å². The van der Waals surface area contributed by atoms with Crippen molar-refractivity contribution in [1.82, 2.24) is 19.8 Å². The topological polar surface area (TPSA) is 163 Å². The number of fused-ring (bicyclic) bond motifs is 5. The number of rotatable bonds is 7. The number of aromatic nitrogens is 2. The Morgan fingerprint density at radius 2 is 1.98 bits per heavy atom. The van der Waals surface area contributed by atoms with Crippen LogP contribution < -0.4 is 16.6 Å². The predicted molar refractivity (Wildman–Crippen MR) is 159 cm³/mol. The number of esters is 2. The van der Waals surface area contributed by atoms with Crippen molar-refractivity contribution in [2.45, 2.75) is 70.9 Å². The normalized spacial score (nSPS) is 21.0. The molecule has 1 saturated heterocycles. The molecule has 44 heavy (non-hydrogen) atoms. The molecule has 3 aromatic rings. The largest absolute Gasteiger partial charge is 0.457 e. The minimum absolute atomic E-state index is 0.00829. The number of pyridine rings is 2. The van der Waals surface area contributed by atoms with E-state index in [1.807, 2.05) is 30.3 Å². The lowest BCUT2D eigenvalue weighted by atomic mass is 9.85. The van der Waals surface area contributed by atoms with Gasteiger partial charge in [0.2, 0.25) is 17.4 Å². The van der Waals surface area contributed by atoms with E-state index in [1.165, 1.54) is 4.90 Å². The second kappa shape index (κ2) is 11.2. The first-order valence-corrected chi connectivity index (χ1v) is 15.0. The molecule has 0 radical (unpaired) electrons. The molecule has 5 heterocycles. The van der Waals surface area contributed by atoms with Crippen molar-refractivity contribution in [2.75, 3.05) is 13.1 Å². The molecular formula is C32H35N5O7. The summed E-state index contributed by atoms with van der Waals surface area (Å²) in [7, 11) is 0. The number of cyclic esters (lactones) is 1. The van der Waals surface area contributed by atoms with E-state index in [-0.39, 0.29) is 42.2 Å². The van der Waals surface area contributed by atoms with Gasteiger partial charge in [-0.05, 0) is 43.4 Å². The van der Waals surface area contributed by atoms with Gasteiger partial charge in [-0.3, -0.25) is 14.4 Å². The number of amides is 2. The number of likely N-dealkylation sites (tertiary alicyclic amines) is 1. The van der Waals surface area contributed by atoms with Crippen LogP contribution in [0.25, 0.3) is 22.3 Å². The van der Waals surface area contributed by atoms with Crippen LogP contribution in [0.2, 0.25) is 0 Å². The van der Waals surface area contributed by atoms with E-state index in [9.17, 15) is 24.0 Å².